The second-order valence-corrected chi connectivity index (χ2v) is 3.45. The van der Waals surface area contributed by atoms with E-state index in [2.05, 4.69) is 20.5 Å². The quantitative estimate of drug-likeness (QED) is 0.749. The average Bonchev–Trinajstić information content (AvgIpc) is 2.62. The smallest absolute Gasteiger partial charge is 0.336 e. The van der Waals surface area contributed by atoms with Crippen molar-refractivity contribution >= 4 is 23.6 Å². The molecule has 14 heavy (non-hydrogen) atoms. The van der Waals surface area contributed by atoms with E-state index in [9.17, 15) is 4.79 Å². The Labute approximate surface area is 85.8 Å². The van der Waals surface area contributed by atoms with Crippen molar-refractivity contribution < 1.29 is 9.53 Å². The van der Waals surface area contributed by atoms with Crippen molar-refractivity contribution in [1.29, 1.82) is 0 Å². The van der Waals surface area contributed by atoms with Crippen LogP contribution in [0.4, 0.5) is 5.95 Å². The lowest BCUT2D eigenvalue weighted by Crippen LogP contribution is -2.13. The van der Waals surface area contributed by atoms with Gasteiger partial charge in [-0.2, -0.15) is 16.7 Å². The lowest BCUT2D eigenvalue weighted by atomic mass is 10.4. The lowest BCUT2D eigenvalue weighted by molar-refractivity contribution is -0.115. The van der Waals surface area contributed by atoms with Gasteiger partial charge in [-0.25, -0.2) is 5.10 Å². The minimum atomic E-state index is -0.0850. The van der Waals surface area contributed by atoms with Crippen LogP contribution in [-0.4, -0.2) is 40.2 Å². The number of nitrogens with one attached hydrogen (secondary N) is 2. The summed E-state index contributed by atoms with van der Waals surface area (Å²) in [5.74, 6) is 1.02. The number of amides is 1. The average molecular weight is 216 g/mol. The van der Waals surface area contributed by atoms with Gasteiger partial charge in [-0.15, -0.1) is 5.10 Å². The number of nitrogens with zero attached hydrogens (tertiary/aromatic N) is 2. The van der Waals surface area contributed by atoms with Crippen LogP contribution in [0.1, 0.15) is 6.42 Å². The summed E-state index contributed by atoms with van der Waals surface area (Å²) in [5, 5.41) is 8.80. The number of methoxy groups -OCH3 is 1. The second kappa shape index (κ2) is 5.48. The fourth-order valence-corrected chi connectivity index (χ4v) is 1.17. The molecule has 0 radical (unpaired) electrons. The monoisotopic (exact) mass is 216 g/mol. The van der Waals surface area contributed by atoms with E-state index in [1.807, 2.05) is 6.26 Å². The highest BCUT2D eigenvalue weighted by atomic mass is 32.2. The van der Waals surface area contributed by atoms with E-state index in [0.29, 0.717) is 12.4 Å². The number of H-pyrrole nitrogens is 1. The van der Waals surface area contributed by atoms with Gasteiger partial charge < -0.3 is 4.74 Å². The van der Waals surface area contributed by atoms with Crippen LogP contribution < -0.4 is 10.1 Å². The van der Waals surface area contributed by atoms with Gasteiger partial charge in [-0.3, -0.25) is 10.1 Å². The third-order valence-corrected chi connectivity index (χ3v) is 2.05. The van der Waals surface area contributed by atoms with Crippen molar-refractivity contribution in [3.05, 3.63) is 0 Å². The molecule has 1 aromatic heterocycles. The first-order valence-corrected chi connectivity index (χ1v) is 5.41. The maximum atomic E-state index is 11.2. The van der Waals surface area contributed by atoms with Gasteiger partial charge >= 0.3 is 6.01 Å². The van der Waals surface area contributed by atoms with Crippen molar-refractivity contribution in [2.75, 3.05) is 24.4 Å². The first-order chi connectivity index (χ1) is 6.76. The molecule has 0 fully saturated rings. The van der Waals surface area contributed by atoms with E-state index in [-0.39, 0.29) is 11.9 Å². The molecular weight excluding hydrogens is 204 g/mol. The Bertz CT molecular complexity index is 302. The van der Waals surface area contributed by atoms with E-state index >= 15 is 0 Å². The molecule has 7 heteroatoms. The molecule has 0 spiro atoms. The third kappa shape index (κ3) is 3.25. The van der Waals surface area contributed by atoms with Crippen LogP contribution in [0.3, 0.4) is 0 Å². The molecule has 0 bridgehead atoms. The van der Waals surface area contributed by atoms with Gasteiger partial charge in [0.25, 0.3) is 0 Å². The van der Waals surface area contributed by atoms with Gasteiger partial charge in [0.15, 0.2) is 0 Å². The molecule has 0 aliphatic rings. The van der Waals surface area contributed by atoms with Crippen molar-refractivity contribution in [3.63, 3.8) is 0 Å². The van der Waals surface area contributed by atoms with Crippen molar-refractivity contribution in [3.8, 4) is 6.01 Å². The number of hydrogen-bond acceptors (Lipinski definition) is 5. The molecule has 0 aliphatic heterocycles. The fourth-order valence-electron chi connectivity index (χ4n) is 0.783. The van der Waals surface area contributed by atoms with Crippen molar-refractivity contribution in [2.24, 2.45) is 0 Å². The van der Waals surface area contributed by atoms with Crippen LogP contribution in [0, 0.1) is 0 Å². The first-order valence-electron chi connectivity index (χ1n) is 4.01. The zero-order valence-corrected chi connectivity index (χ0v) is 8.85. The maximum Gasteiger partial charge on any atom is 0.336 e. The summed E-state index contributed by atoms with van der Waals surface area (Å²) in [6.07, 6.45) is 2.41. The number of aromatic nitrogens is 3. The minimum Gasteiger partial charge on any atom is -0.466 e. The molecule has 1 aromatic rings. The van der Waals surface area contributed by atoms with Crippen LogP contribution in [0.2, 0.25) is 0 Å². The molecule has 6 nitrogen and oxygen atoms in total. The standard InChI is InChI=1S/C7H12N4O2S/c1-13-7-9-6(10-11-7)8-5(12)3-4-14-2/h3-4H2,1-2H3,(H2,8,9,10,11,12). The highest BCUT2D eigenvalue weighted by Gasteiger charge is 2.06. The highest BCUT2D eigenvalue weighted by molar-refractivity contribution is 7.98. The minimum absolute atomic E-state index is 0.0850. The van der Waals surface area contributed by atoms with Gasteiger partial charge in [0, 0.05) is 12.2 Å². The van der Waals surface area contributed by atoms with Crippen LogP contribution >= 0.6 is 11.8 Å². The summed E-state index contributed by atoms with van der Waals surface area (Å²) in [6.45, 7) is 0. The Balaban J connectivity index is 2.39. The normalized spacial score (nSPS) is 9.86. The topological polar surface area (TPSA) is 79.9 Å². The number of rotatable bonds is 5. The van der Waals surface area contributed by atoms with Crippen LogP contribution in [0.15, 0.2) is 0 Å². The Morgan fingerprint density at radius 3 is 3.07 bits per heavy atom. The highest BCUT2D eigenvalue weighted by Crippen LogP contribution is 2.05. The SMILES string of the molecule is COc1n[nH]c(NC(=O)CCSC)n1. The van der Waals surface area contributed by atoms with Gasteiger partial charge in [-0.05, 0) is 6.26 Å². The van der Waals surface area contributed by atoms with Crippen LogP contribution in [0.5, 0.6) is 6.01 Å². The Hall–Kier alpha value is -1.24. The zero-order valence-electron chi connectivity index (χ0n) is 8.03. The van der Waals surface area contributed by atoms with Gasteiger partial charge in [0.2, 0.25) is 11.9 Å². The molecule has 2 N–H and O–H groups in total. The molecule has 0 aliphatic carbocycles. The number of carbonyl (C=O) groups excluding carboxylic acids is 1. The molecule has 0 aromatic carbocycles. The first kappa shape index (κ1) is 10.8. The molecular formula is C7H12N4O2S. The Morgan fingerprint density at radius 2 is 2.50 bits per heavy atom. The maximum absolute atomic E-state index is 11.2. The van der Waals surface area contributed by atoms with Gasteiger partial charge in [0.1, 0.15) is 0 Å². The Morgan fingerprint density at radius 1 is 1.71 bits per heavy atom. The van der Waals surface area contributed by atoms with Crippen LogP contribution in [-0.2, 0) is 4.79 Å². The summed E-state index contributed by atoms with van der Waals surface area (Å²) >= 11 is 1.62. The van der Waals surface area contributed by atoms with Crippen LogP contribution in [0.25, 0.3) is 0 Å². The fraction of sp³-hybridized carbons (Fsp3) is 0.571. The summed E-state index contributed by atoms with van der Waals surface area (Å²) < 4.78 is 4.75. The number of hydrogen-bond donors (Lipinski definition) is 2. The molecule has 1 heterocycles. The number of ether oxygens (including phenoxy) is 1. The van der Waals surface area contributed by atoms with Gasteiger partial charge in [-0.1, -0.05) is 0 Å². The molecule has 0 saturated carbocycles. The summed E-state index contributed by atoms with van der Waals surface area (Å²) in [6, 6.07) is 0.213. The number of thioether (sulfide) groups is 1. The van der Waals surface area contributed by atoms with E-state index < -0.39 is 0 Å². The summed E-state index contributed by atoms with van der Waals surface area (Å²) in [7, 11) is 1.46. The number of aromatic amines is 1. The van der Waals surface area contributed by atoms with E-state index in [1.165, 1.54) is 7.11 Å². The molecule has 78 valence electrons. The third-order valence-electron chi connectivity index (χ3n) is 1.44. The molecule has 1 rings (SSSR count). The predicted molar refractivity (Wildman–Crippen MR) is 54.6 cm³/mol. The van der Waals surface area contributed by atoms with Gasteiger partial charge in [0.05, 0.1) is 7.11 Å². The van der Waals surface area contributed by atoms with Crippen molar-refractivity contribution in [2.45, 2.75) is 6.42 Å². The summed E-state index contributed by atoms with van der Waals surface area (Å²) in [5.41, 5.74) is 0. The molecule has 0 saturated heterocycles. The predicted octanol–water partition coefficient (Wildman–Crippen LogP) is 0.505. The van der Waals surface area contributed by atoms with E-state index in [4.69, 9.17) is 4.74 Å². The molecule has 0 unspecified atom stereocenters. The second-order valence-electron chi connectivity index (χ2n) is 2.46. The number of anilines is 1. The zero-order chi connectivity index (χ0) is 10.4. The van der Waals surface area contributed by atoms with E-state index in [0.717, 1.165) is 5.75 Å². The molecule has 1 amide bonds. The van der Waals surface area contributed by atoms with Crippen molar-refractivity contribution in [1.82, 2.24) is 15.2 Å². The van der Waals surface area contributed by atoms with E-state index in [1.54, 1.807) is 11.8 Å². The number of carbonyl (C=O) groups is 1. The Kier molecular flexibility index (Phi) is 4.24. The summed E-state index contributed by atoms with van der Waals surface area (Å²) in [4.78, 5) is 15.1. The molecule has 0 atom stereocenters. The lowest BCUT2D eigenvalue weighted by Gasteiger charge is -1.98. The largest absolute Gasteiger partial charge is 0.466 e.